The van der Waals surface area contributed by atoms with Gasteiger partial charge in [0.2, 0.25) is 23.6 Å². The zero-order chi connectivity index (χ0) is 27.7. The normalized spacial score (nSPS) is 15.1. The maximum Gasteiger partial charge on any atom is 0.326 e. The second-order valence-corrected chi connectivity index (χ2v) is 9.19. The molecule has 0 saturated carbocycles. The lowest BCUT2D eigenvalue weighted by Crippen LogP contribution is -2.58. The zero-order valence-electron chi connectivity index (χ0n) is 21.2. The molecule has 0 aliphatic carbocycles. The number of aliphatic carboxylic acids is 1. The third-order valence-corrected chi connectivity index (χ3v) is 6.23. The first-order valence-electron chi connectivity index (χ1n) is 12.2. The van der Waals surface area contributed by atoms with Crippen molar-refractivity contribution in [1.82, 2.24) is 20.9 Å². The van der Waals surface area contributed by atoms with Gasteiger partial charge < -0.3 is 37.5 Å². The molecule has 12 heteroatoms. The first kappa shape index (κ1) is 29.3. The fourth-order valence-corrected chi connectivity index (χ4v) is 3.80. The minimum absolute atomic E-state index is 0.0864. The predicted molar refractivity (Wildman–Crippen MR) is 137 cm³/mol. The van der Waals surface area contributed by atoms with Crippen LogP contribution < -0.4 is 27.4 Å². The van der Waals surface area contributed by atoms with Gasteiger partial charge >= 0.3 is 5.97 Å². The number of carboxylic acids is 1. The number of aromatic amines is 1. The van der Waals surface area contributed by atoms with Crippen LogP contribution in [0.1, 0.15) is 45.6 Å². The first-order valence-corrected chi connectivity index (χ1v) is 12.2. The molecule has 1 heterocycles. The van der Waals surface area contributed by atoms with Gasteiger partial charge in [0, 0.05) is 29.9 Å². The van der Waals surface area contributed by atoms with Gasteiger partial charge in [0.25, 0.3) is 0 Å². The molecule has 0 fully saturated rings. The second-order valence-electron chi connectivity index (χ2n) is 9.19. The Morgan fingerprint density at radius 1 is 0.973 bits per heavy atom. The van der Waals surface area contributed by atoms with E-state index in [0.29, 0.717) is 6.42 Å². The molecule has 0 radical (unpaired) electrons. The number of carboxylic acid groups (broad SMARTS) is 1. The molecule has 9 N–H and O–H groups in total. The molecule has 2 rings (SSSR count). The van der Waals surface area contributed by atoms with E-state index in [2.05, 4.69) is 20.9 Å². The van der Waals surface area contributed by atoms with Crippen LogP contribution in [-0.4, -0.2) is 63.9 Å². The van der Waals surface area contributed by atoms with E-state index >= 15 is 0 Å². The Bertz CT molecular complexity index is 1130. The van der Waals surface area contributed by atoms with E-state index < -0.39 is 53.8 Å². The molecule has 4 amide bonds. The number of primary amides is 1. The van der Waals surface area contributed by atoms with Crippen molar-refractivity contribution in [3.8, 4) is 0 Å². The minimum atomic E-state index is -1.26. The molecular formula is C25H36N6O6. The predicted octanol–water partition coefficient (Wildman–Crippen LogP) is -0.0918. The summed E-state index contributed by atoms with van der Waals surface area (Å²) in [4.78, 5) is 64.9. The largest absolute Gasteiger partial charge is 0.480 e. The van der Waals surface area contributed by atoms with Crippen LogP contribution in [0.2, 0.25) is 0 Å². The molecule has 12 nitrogen and oxygen atoms in total. The number of hydrogen-bond donors (Lipinski definition) is 7. The summed E-state index contributed by atoms with van der Waals surface area (Å²) in [5.74, 6) is -4.32. The number of nitrogens with one attached hydrogen (secondary N) is 4. The number of hydrogen-bond acceptors (Lipinski definition) is 6. The summed E-state index contributed by atoms with van der Waals surface area (Å²) in [7, 11) is 0. The standard InChI is InChI=1S/C25H36N6O6/c1-4-13(2)21(25(36)37)31-23(34)18(9-10-20(27)32)29-24(35)19(30-22(33)14(3)26)11-15-12-28-17-8-6-5-7-16(15)17/h5-8,12-14,18-19,21,28H,4,9-11,26H2,1-3H3,(H2,27,32)(H,29,35)(H,30,33)(H,31,34)(H,36,37). The highest BCUT2D eigenvalue weighted by molar-refractivity contribution is 5.95. The molecule has 37 heavy (non-hydrogen) atoms. The lowest BCUT2D eigenvalue weighted by molar-refractivity contribution is -0.144. The van der Waals surface area contributed by atoms with Gasteiger partial charge in [-0.1, -0.05) is 38.5 Å². The van der Waals surface area contributed by atoms with E-state index in [-0.39, 0.29) is 25.2 Å². The number of benzene rings is 1. The fraction of sp³-hybridized carbons (Fsp3) is 0.480. The lowest BCUT2D eigenvalue weighted by Gasteiger charge is -2.26. The summed E-state index contributed by atoms with van der Waals surface area (Å²) in [5, 5.41) is 18.0. The summed E-state index contributed by atoms with van der Waals surface area (Å²) < 4.78 is 0. The number of rotatable bonds is 14. The summed E-state index contributed by atoms with van der Waals surface area (Å²) in [6.07, 6.45) is 1.93. The molecule has 0 bridgehead atoms. The Labute approximate surface area is 214 Å². The van der Waals surface area contributed by atoms with Gasteiger partial charge in [-0.05, 0) is 30.9 Å². The van der Waals surface area contributed by atoms with Gasteiger partial charge in [0.05, 0.1) is 6.04 Å². The van der Waals surface area contributed by atoms with Crippen molar-refractivity contribution in [2.75, 3.05) is 0 Å². The summed E-state index contributed by atoms with van der Waals surface area (Å²) in [6, 6.07) is 2.99. The van der Waals surface area contributed by atoms with Gasteiger partial charge in [-0.3, -0.25) is 19.2 Å². The average molecular weight is 517 g/mol. The third kappa shape index (κ3) is 8.31. The topological polar surface area (TPSA) is 209 Å². The molecule has 5 unspecified atom stereocenters. The first-order chi connectivity index (χ1) is 17.4. The van der Waals surface area contributed by atoms with Gasteiger partial charge in [0.1, 0.15) is 18.1 Å². The number of carbonyl (C=O) groups excluding carboxylic acids is 4. The second kappa shape index (κ2) is 13.4. The van der Waals surface area contributed by atoms with Crippen molar-refractivity contribution in [2.24, 2.45) is 17.4 Å². The Hall–Kier alpha value is -3.93. The Morgan fingerprint density at radius 3 is 2.19 bits per heavy atom. The molecule has 0 saturated heterocycles. The molecule has 0 aliphatic rings. The highest BCUT2D eigenvalue weighted by Crippen LogP contribution is 2.19. The Kier molecular flexibility index (Phi) is 10.6. The highest BCUT2D eigenvalue weighted by Gasteiger charge is 2.32. The van der Waals surface area contributed by atoms with Gasteiger partial charge in [-0.15, -0.1) is 0 Å². The number of carbonyl (C=O) groups is 5. The highest BCUT2D eigenvalue weighted by atomic mass is 16.4. The van der Waals surface area contributed by atoms with Gasteiger partial charge in [0.15, 0.2) is 0 Å². The molecule has 0 aliphatic heterocycles. The number of amides is 4. The van der Waals surface area contributed by atoms with Crippen LogP contribution in [0.4, 0.5) is 0 Å². The van der Waals surface area contributed by atoms with Crippen LogP contribution in [0.5, 0.6) is 0 Å². The number of aromatic nitrogens is 1. The molecule has 1 aromatic carbocycles. The Morgan fingerprint density at radius 2 is 1.59 bits per heavy atom. The Balaban J connectivity index is 2.29. The van der Waals surface area contributed by atoms with E-state index in [9.17, 15) is 29.1 Å². The van der Waals surface area contributed by atoms with Crippen LogP contribution >= 0.6 is 0 Å². The number of H-pyrrole nitrogens is 1. The number of fused-ring (bicyclic) bond motifs is 1. The molecular weight excluding hydrogens is 480 g/mol. The van der Waals surface area contributed by atoms with Gasteiger partial charge in [-0.2, -0.15) is 0 Å². The van der Waals surface area contributed by atoms with Crippen molar-refractivity contribution in [2.45, 2.75) is 70.6 Å². The van der Waals surface area contributed by atoms with E-state index in [1.54, 1.807) is 20.0 Å². The maximum atomic E-state index is 13.3. The zero-order valence-corrected chi connectivity index (χ0v) is 21.2. The maximum absolute atomic E-state index is 13.3. The van der Waals surface area contributed by atoms with Crippen LogP contribution in [0, 0.1) is 5.92 Å². The van der Waals surface area contributed by atoms with Crippen LogP contribution in [-0.2, 0) is 30.4 Å². The van der Waals surface area contributed by atoms with E-state index in [1.165, 1.54) is 6.92 Å². The minimum Gasteiger partial charge on any atom is -0.480 e. The summed E-state index contributed by atoms with van der Waals surface area (Å²) in [5.41, 5.74) is 12.5. The van der Waals surface area contributed by atoms with Crippen molar-refractivity contribution in [3.63, 3.8) is 0 Å². The fourth-order valence-electron chi connectivity index (χ4n) is 3.80. The van der Waals surface area contributed by atoms with Crippen LogP contribution in [0.3, 0.4) is 0 Å². The smallest absolute Gasteiger partial charge is 0.326 e. The van der Waals surface area contributed by atoms with E-state index in [1.807, 2.05) is 24.3 Å². The molecule has 2 aromatic rings. The van der Waals surface area contributed by atoms with Crippen molar-refractivity contribution < 1.29 is 29.1 Å². The van der Waals surface area contributed by atoms with Crippen molar-refractivity contribution in [3.05, 3.63) is 36.0 Å². The van der Waals surface area contributed by atoms with Crippen LogP contribution in [0.25, 0.3) is 10.9 Å². The molecule has 0 spiro atoms. The molecule has 5 atom stereocenters. The number of nitrogens with two attached hydrogens (primary N) is 2. The van der Waals surface area contributed by atoms with E-state index in [0.717, 1.165) is 16.5 Å². The monoisotopic (exact) mass is 516 g/mol. The van der Waals surface area contributed by atoms with Gasteiger partial charge in [-0.25, -0.2) is 4.79 Å². The average Bonchev–Trinajstić information content (AvgIpc) is 3.26. The SMILES string of the molecule is CCC(C)C(NC(=O)C(CCC(N)=O)NC(=O)C(Cc1c[nH]c2ccccc12)NC(=O)C(C)N)C(=O)O. The van der Waals surface area contributed by atoms with E-state index in [4.69, 9.17) is 11.5 Å². The molecule has 1 aromatic heterocycles. The summed E-state index contributed by atoms with van der Waals surface area (Å²) >= 11 is 0. The van der Waals surface area contributed by atoms with Crippen molar-refractivity contribution >= 4 is 40.5 Å². The lowest BCUT2D eigenvalue weighted by atomic mass is 9.98. The summed E-state index contributed by atoms with van der Waals surface area (Å²) in [6.45, 7) is 4.94. The van der Waals surface area contributed by atoms with Crippen LogP contribution in [0.15, 0.2) is 30.5 Å². The molecule has 202 valence electrons. The quantitative estimate of drug-likeness (QED) is 0.181. The van der Waals surface area contributed by atoms with Crippen molar-refractivity contribution in [1.29, 1.82) is 0 Å². The number of para-hydroxylation sites is 1. The third-order valence-electron chi connectivity index (χ3n) is 6.23.